The van der Waals surface area contributed by atoms with Gasteiger partial charge in [0.1, 0.15) is 5.82 Å². The molecule has 2 aliphatic heterocycles. The molecule has 0 amide bonds. The average molecular weight is 345 g/mol. The molecule has 2 aliphatic rings. The predicted molar refractivity (Wildman–Crippen MR) is 80.4 cm³/mol. The molecule has 1 spiro atoms. The molecular formula is C13H14BrFN2OS. The lowest BCUT2D eigenvalue weighted by atomic mass is 9.93. The van der Waals surface area contributed by atoms with Crippen molar-refractivity contribution < 1.29 is 9.13 Å². The van der Waals surface area contributed by atoms with Crippen molar-refractivity contribution in [2.45, 2.75) is 18.4 Å². The second-order valence-electron chi connectivity index (χ2n) is 4.79. The molecule has 1 aromatic rings. The average Bonchev–Trinajstić information content (AvgIpc) is 2.77. The van der Waals surface area contributed by atoms with E-state index in [2.05, 4.69) is 21.2 Å². The molecule has 1 fully saturated rings. The smallest absolute Gasteiger partial charge is 0.161 e. The Labute approximate surface area is 124 Å². The van der Waals surface area contributed by atoms with Crippen LogP contribution in [-0.2, 0) is 4.74 Å². The lowest BCUT2D eigenvalue weighted by Gasteiger charge is -2.29. The summed E-state index contributed by atoms with van der Waals surface area (Å²) in [6, 6.07) is 4.99. The van der Waals surface area contributed by atoms with Gasteiger partial charge in [-0.05, 0) is 31.0 Å². The van der Waals surface area contributed by atoms with Crippen molar-refractivity contribution in [3.8, 4) is 0 Å². The minimum absolute atomic E-state index is 0.00289. The Bertz CT molecular complexity index is 517. The lowest BCUT2D eigenvalue weighted by Crippen LogP contribution is -2.34. The van der Waals surface area contributed by atoms with E-state index in [4.69, 9.17) is 9.73 Å². The number of hydrogen-bond acceptors (Lipinski definition) is 4. The quantitative estimate of drug-likeness (QED) is 0.844. The second-order valence-corrected chi connectivity index (χ2v) is 6.67. The van der Waals surface area contributed by atoms with Crippen LogP contribution in [0.3, 0.4) is 0 Å². The van der Waals surface area contributed by atoms with Crippen LogP contribution in [0.5, 0.6) is 0 Å². The molecule has 0 bridgehead atoms. The number of anilines is 1. The van der Waals surface area contributed by atoms with Crippen LogP contribution < -0.4 is 5.32 Å². The van der Waals surface area contributed by atoms with E-state index in [9.17, 15) is 4.39 Å². The minimum Gasteiger partial charge on any atom is -0.381 e. The van der Waals surface area contributed by atoms with Crippen LogP contribution in [0.2, 0.25) is 0 Å². The van der Waals surface area contributed by atoms with Gasteiger partial charge >= 0.3 is 0 Å². The number of amidine groups is 1. The van der Waals surface area contributed by atoms with Gasteiger partial charge in [-0.3, -0.25) is 4.99 Å². The van der Waals surface area contributed by atoms with Crippen molar-refractivity contribution in [3.63, 3.8) is 0 Å². The first-order valence-corrected chi connectivity index (χ1v) is 7.97. The third kappa shape index (κ3) is 2.95. The van der Waals surface area contributed by atoms with Gasteiger partial charge in [-0.15, -0.1) is 0 Å². The fraction of sp³-hybridized carbons (Fsp3) is 0.462. The first-order chi connectivity index (χ1) is 9.17. The van der Waals surface area contributed by atoms with E-state index in [1.807, 2.05) is 6.07 Å². The standard InChI is InChI=1S/C13H14BrFN2OS/c14-9-1-2-11(10(15)7-9)16-12-17-13(8-19-12)3-5-18-6-4-13/h1-2,7H,3-6,8H2,(H,16,17). The van der Waals surface area contributed by atoms with E-state index in [0.717, 1.165) is 41.4 Å². The van der Waals surface area contributed by atoms with Gasteiger partial charge in [-0.1, -0.05) is 27.7 Å². The molecule has 102 valence electrons. The van der Waals surface area contributed by atoms with E-state index in [1.165, 1.54) is 6.07 Å². The van der Waals surface area contributed by atoms with E-state index < -0.39 is 0 Å². The third-order valence-corrected chi connectivity index (χ3v) is 5.05. The molecule has 1 N–H and O–H groups in total. The molecule has 6 heteroatoms. The number of ether oxygens (including phenoxy) is 1. The number of hydrogen-bond donors (Lipinski definition) is 1. The summed E-state index contributed by atoms with van der Waals surface area (Å²) in [6.45, 7) is 1.54. The van der Waals surface area contributed by atoms with Crippen LogP contribution in [0.4, 0.5) is 10.1 Å². The van der Waals surface area contributed by atoms with Gasteiger partial charge in [0.2, 0.25) is 0 Å². The SMILES string of the molecule is Fc1cc(Br)ccc1NC1=NC2(CCOCC2)CS1. The summed E-state index contributed by atoms with van der Waals surface area (Å²) in [4.78, 5) is 4.75. The fourth-order valence-electron chi connectivity index (χ4n) is 2.26. The first kappa shape index (κ1) is 13.4. The molecule has 0 unspecified atom stereocenters. The van der Waals surface area contributed by atoms with Crippen molar-refractivity contribution in [1.82, 2.24) is 0 Å². The van der Waals surface area contributed by atoms with Crippen LogP contribution in [0.25, 0.3) is 0 Å². The van der Waals surface area contributed by atoms with E-state index in [1.54, 1.807) is 17.8 Å². The topological polar surface area (TPSA) is 33.6 Å². The molecule has 3 nitrogen and oxygen atoms in total. The van der Waals surface area contributed by atoms with E-state index in [0.29, 0.717) is 5.69 Å². The Morgan fingerprint density at radius 3 is 2.89 bits per heavy atom. The molecule has 2 heterocycles. The number of thioether (sulfide) groups is 1. The van der Waals surface area contributed by atoms with Gasteiger partial charge in [0.05, 0.1) is 11.2 Å². The summed E-state index contributed by atoms with van der Waals surface area (Å²) >= 11 is 4.91. The Morgan fingerprint density at radius 1 is 1.37 bits per heavy atom. The van der Waals surface area contributed by atoms with Crippen LogP contribution in [-0.4, -0.2) is 29.7 Å². The predicted octanol–water partition coefficient (Wildman–Crippen LogP) is 3.65. The third-order valence-electron chi connectivity index (χ3n) is 3.41. The van der Waals surface area contributed by atoms with Gasteiger partial charge in [-0.2, -0.15) is 0 Å². The van der Waals surface area contributed by atoms with Gasteiger partial charge in [-0.25, -0.2) is 4.39 Å². The molecule has 3 rings (SSSR count). The zero-order valence-electron chi connectivity index (χ0n) is 10.3. The molecule has 0 saturated carbocycles. The van der Waals surface area contributed by atoms with Crippen LogP contribution >= 0.6 is 27.7 Å². The number of aliphatic imine (C=N–C) groups is 1. The van der Waals surface area contributed by atoms with Crippen LogP contribution in [0.1, 0.15) is 12.8 Å². The second kappa shape index (κ2) is 5.42. The normalized spacial score (nSPS) is 21.5. The summed E-state index contributed by atoms with van der Waals surface area (Å²) in [5.74, 6) is 0.683. The maximum absolute atomic E-state index is 13.8. The molecule has 0 atom stereocenters. The maximum Gasteiger partial charge on any atom is 0.161 e. The highest BCUT2D eigenvalue weighted by Crippen LogP contribution is 2.36. The summed E-state index contributed by atoms with van der Waals surface area (Å²) in [5, 5.41) is 3.89. The van der Waals surface area contributed by atoms with Gasteiger partial charge in [0, 0.05) is 23.4 Å². The maximum atomic E-state index is 13.8. The van der Waals surface area contributed by atoms with Crippen LogP contribution in [0, 0.1) is 5.82 Å². The number of nitrogens with one attached hydrogen (secondary N) is 1. The van der Waals surface area contributed by atoms with Crippen molar-refractivity contribution >= 4 is 38.5 Å². The summed E-state index contributed by atoms with van der Waals surface area (Å²) in [7, 11) is 0. The van der Waals surface area contributed by atoms with Crippen LogP contribution in [0.15, 0.2) is 27.7 Å². The molecule has 1 saturated heterocycles. The lowest BCUT2D eigenvalue weighted by molar-refractivity contribution is 0.0624. The molecule has 1 aromatic carbocycles. The highest BCUT2D eigenvalue weighted by molar-refractivity contribution is 9.10. The van der Waals surface area contributed by atoms with Crippen molar-refractivity contribution in [2.24, 2.45) is 4.99 Å². The number of benzene rings is 1. The number of rotatable bonds is 1. The first-order valence-electron chi connectivity index (χ1n) is 6.19. The van der Waals surface area contributed by atoms with Gasteiger partial charge in [0.15, 0.2) is 5.17 Å². The largest absolute Gasteiger partial charge is 0.381 e. The van der Waals surface area contributed by atoms with Gasteiger partial charge in [0.25, 0.3) is 0 Å². The molecule has 0 aromatic heterocycles. The highest BCUT2D eigenvalue weighted by Gasteiger charge is 2.37. The summed E-state index contributed by atoms with van der Waals surface area (Å²) in [6.07, 6.45) is 1.90. The molecule has 19 heavy (non-hydrogen) atoms. The fourth-order valence-corrected chi connectivity index (χ4v) is 3.79. The number of halogens is 2. The zero-order chi connectivity index (χ0) is 13.3. The molecule has 0 radical (unpaired) electrons. The van der Waals surface area contributed by atoms with Gasteiger partial charge < -0.3 is 10.1 Å². The molecular weight excluding hydrogens is 331 g/mol. The molecule has 0 aliphatic carbocycles. The highest BCUT2D eigenvalue weighted by atomic mass is 79.9. The van der Waals surface area contributed by atoms with Crippen molar-refractivity contribution in [1.29, 1.82) is 0 Å². The number of nitrogens with zero attached hydrogens (tertiary/aromatic N) is 1. The Balaban J connectivity index is 1.75. The summed E-state index contributed by atoms with van der Waals surface area (Å²) < 4.78 is 19.9. The Morgan fingerprint density at radius 2 is 2.16 bits per heavy atom. The van der Waals surface area contributed by atoms with E-state index >= 15 is 0 Å². The zero-order valence-corrected chi connectivity index (χ0v) is 12.7. The Hall–Kier alpha value is -0.590. The van der Waals surface area contributed by atoms with Crippen molar-refractivity contribution in [3.05, 3.63) is 28.5 Å². The van der Waals surface area contributed by atoms with E-state index in [-0.39, 0.29) is 11.4 Å². The van der Waals surface area contributed by atoms with Crippen molar-refractivity contribution in [2.75, 3.05) is 24.3 Å². The minimum atomic E-state index is -0.273. The Kier molecular flexibility index (Phi) is 3.82. The monoisotopic (exact) mass is 344 g/mol. The summed E-state index contributed by atoms with van der Waals surface area (Å²) in [5.41, 5.74) is 0.468.